The van der Waals surface area contributed by atoms with Crippen molar-refractivity contribution in [2.75, 3.05) is 26.9 Å². The predicted octanol–water partition coefficient (Wildman–Crippen LogP) is 8.92. The second-order valence-electron chi connectivity index (χ2n) is 13.5. The van der Waals surface area contributed by atoms with Crippen molar-refractivity contribution in [2.24, 2.45) is 29.6 Å². The third-order valence-corrected chi connectivity index (χ3v) is 10.7. The van der Waals surface area contributed by atoms with Gasteiger partial charge in [0.25, 0.3) is 0 Å². The van der Waals surface area contributed by atoms with Crippen LogP contribution in [-0.4, -0.2) is 44.2 Å². The van der Waals surface area contributed by atoms with Gasteiger partial charge >= 0.3 is 5.97 Å². The lowest BCUT2D eigenvalue weighted by atomic mass is 9.67. The number of esters is 1. The van der Waals surface area contributed by atoms with Crippen LogP contribution in [0.5, 0.6) is 0 Å². The highest BCUT2D eigenvalue weighted by Gasteiger charge is 2.34. The van der Waals surface area contributed by atoms with Gasteiger partial charge in [-0.25, -0.2) is 9.18 Å². The fourth-order valence-electron chi connectivity index (χ4n) is 7.91. The fraction of sp³-hybridized carbons (Fsp3) is 0.658. The summed E-state index contributed by atoms with van der Waals surface area (Å²) in [6.07, 6.45) is 19.4. The van der Waals surface area contributed by atoms with Gasteiger partial charge in [-0.1, -0.05) is 63.1 Å². The molecule has 0 spiro atoms. The summed E-state index contributed by atoms with van der Waals surface area (Å²) < 4.78 is 25.8. The molecule has 3 unspecified atom stereocenters. The number of ether oxygens (including phenoxy) is 2. The van der Waals surface area contributed by atoms with Crippen LogP contribution in [0.4, 0.5) is 4.39 Å². The van der Waals surface area contributed by atoms with Crippen molar-refractivity contribution >= 4 is 11.5 Å². The van der Waals surface area contributed by atoms with Gasteiger partial charge in [0.2, 0.25) is 0 Å². The van der Waals surface area contributed by atoms with Crippen molar-refractivity contribution in [1.82, 2.24) is 0 Å². The lowest BCUT2D eigenvalue weighted by Crippen LogP contribution is -2.32. The van der Waals surface area contributed by atoms with Crippen molar-refractivity contribution in [3.63, 3.8) is 0 Å². The topological polar surface area (TPSA) is 55.8 Å². The average Bonchev–Trinajstić information content (AvgIpc) is 3.03. The van der Waals surface area contributed by atoms with Crippen molar-refractivity contribution in [3.8, 4) is 0 Å². The molecule has 3 atom stereocenters. The van der Waals surface area contributed by atoms with E-state index in [2.05, 4.69) is 50.8 Å². The van der Waals surface area contributed by atoms with Gasteiger partial charge in [-0.2, -0.15) is 0 Å². The van der Waals surface area contributed by atoms with Crippen molar-refractivity contribution in [2.45, 2.75) is 103 Å². The second-order valence-corrected chi connectivity index (χ2v) is 13.5. The lowest BCUT2D eigenvalue weighted by Gasteiger charge is -2.39. The summed E-state index contributed by atoms with van der Waals surface area (Å²) in [6, 6.07) is 6.89. The molecule has 0 amide bonds. The van der Waals surface area contributed by atoms with Gasteiger partial charge in [0.15, 0.2) is 0 Å². The second kappa shape index (κ2) is 16.7. The maximum absolute atomic E-state index is 14.9. The number of aliphatic hydroxyl groups excluding tert-OH is 1. The summed E-state index contributed by atoms with van der Waals surface area (Å²) in [7, 11) is 1.70. The Morgan fingerprint density at radius 1 is 1.05 bits per heavy atom. The zero-order chi connectivity index (χ0) is 30.8. The summed E-state index contributed by atoms with van der Waals surface area (Å²) >= 11 is 0. The van der Waals surface area contributed by atoms with Crippen LogP contribution in [0, 0.1) is 36.5 Å². The number of rotatable bonds is 14. The standard InChI is InChI=1S/C38H55FO4/c1-5-6-7-8-32-17-18-34(22-37(32)39)36-20-19-33(21-26(36)2)30-13-9-28(10-14-30)29-11-15-31(16-12-29)35(24-42-4)25-43-38(41)27(3)23-40/h17-22,28-32,35,37,40H,3,5-16,23-25H2,1-2,4H3. The number of allylic oxidation sites excluding steroid dienone is 4. The molecule has 238 valence electrons. The van der Waals surface area contributed by atoms with E-state index in [1.54, 1.807) is 7.11 Å². The number of halogens is 1. The molecule has 1 N–H and O–H groups in total. The van der Waals surface area contributed by atoms with E-state index in [0.717, 1.165) is 43.1 Å². The summed E-state index contributed by atoms with van der Waals surface area (Å²) in [6.45, 7) is 8.47. The Bertz CT molecular complexity index is 1110. The normalized spacial score (nSPS) is 28.3. The zero-order valence-electron chi connectivity index (χ0n) is 26.9. The Hall–Kier alpha value is -2.24. The number of carbonyl (C=O) groups excluding carboxylic acids is 1. The SMILES string of the molecule is C=C(CO)C(=O)OCC(COC)C1CCC(C2CCC(c3ccc(C4=CC(F)C(CCCCC)C=C4)c(C)c3)CC2)CC1. The van der Waals surface area contributed by atoms with Gasteiger partial charge in [0, 0.05) is 18.9 Å². The molecule has 5 heteroatoms. The van der Waals surface area contributed by atoms with E-state index in [9.17, 15) is 9.18 Å². The molecule has 3 aliphatic rings. The maximum atomic E-state index is 14.9. The highest BCUT2D eigenvalue weighted by molar-refractivity contribution is 5.87. The first kappa shape index (κ1) is 33.6. The molecule has 4 nitrogen and oxygen atoms in total. The van der Waals surface area contributed by atoms with Gasteiger partial charge < -0.3 is 14.6 Å². The number of benzene rings is 1. The molecule has 0 aliphatic heterocycles. The van der Waals surface area contributed by atoms with Gasteiger partial charge in [-0.15, -0.1) is 0 Å². The van der Waals surface area contributed by atoms with E-state index < -0.39 is 12.1 Å². The molecular weight excluding hydrogens is 539 g/mol. The predicted molar refractivity (Wildman–Crippen MR) is 174 cm³/mol. The number of carbonyl (C=O) groups is 1. The number of alkyl halides is 1. The minimum Gasteiger partial charge on any atom is -0.462 e. The molecule has 2 saturated carbocycles. The van der Waals surface area contributed by atoms with E-state index in [1.807, 2.05) is 6.08 Å². The van der Waals surface area contributed by atoms with E-state index in [1.165, 1.54) is 68.1 Å². The molecule has 1 aromatic rings. The molecule has 0 heterocycles. The Labute approximate surface area is 259 Å². The summed E-state index contributed by atoms with van der Waals surface area (Å²) in [5, 5.41) is 9.13. The average molecular weight is 595 g/mol. The summed E-state index contributed by atoms with van der Waals surface area (Å²) in [5.41, 5.74) is 4.99. The van der Waals surface area contributed by atoms with Gasteiger partial charge in [0.1, 0.15) is 6.17 Å². The highest BCUT2D eigenvalue weighted by atomic mass is 19.1. The van der Waals surface area contributed by atoms with Crippen molar-refractivity contribution in [1.29, 1.82) is 0 Å². The number of hydrogen-bond acceptors (Lipinski definition) is 4. The van der Waals surface area contributed by atoms with Crippen LogP contribution in [0.25, 0.3) is 5.57 Å². The molecule has 2 fully saturated rings. The number of methoxy groups -OCH3 is 1. The van der Waals surface area contributed by atoms with Crippen LogP contribution in [0.1, 0.15) is 107 Å². The zero-order valence-corrected chi connectivity index (χ0v) is 26.9. The van der Waals surface area contributed by atoms with Crippen LogP contribution >= 0.6 is 0 Å². The Morgan fingerprint density at radius 2 is 1.74 bits per heavy atom. The molecular formula is C38H55FO4. The first-order valence-corrected chi connectivity index (χ1v) is 16.9. The minimum atomic E-state index is -0.887. The van der Waals surface area contributed by atoms with Crippen LogP contribution < -0.4 is 0 Å². The van der Waals surface area contributed by atoms with Crippen molar-refractivity contribution < 1.29 is 23.8 Å². The maximum Gasteiger partial charge on any atom is 0.335 e. The van der Waals surface area contributed by atoms with Gasteiger partial charge in [-0.3, -0.25) is 0 Å². The first-order valence-electron chi connectivity index (χ1n) is 16.9. The van der Waals surface area contributed by atoms with Crippen LogP contribution in [-0.2, 0) is 14.3 Å². The van der Waals surface area contributed by atoms with E-state index in [-0.39, 0.29) is 24.0 Å². The van der Waals surface area contributed by atoms with Crippen molar-refractivity contribution in [3.05, 3.63) is 65.3 Å². The molecule has 1 aromatic carbocycles. The number of aryl methyl sites for hydroxylation is 1. The quantitative estimate of drug-likeness (QED) is 0.133. The van der Waals surface area contributed by atoms with Gasteiger partial charge in [-0.05, 0) is 117 Å². The van der Waals surface area contributed by atoms with E-state index in [0.29, 0.717) is 25.0 Å². The molecule has 0 bridgehead atoms. The largest absolute Gasteiger partial charge is 0.462 e. The molecule has 3 aliphatic carbocycles. The smallest absolute Gasteiger partial charge is 0.335 e. The van der Waals surface area contributed by atoms with Crippen LogP contribution in [0.3, 0.4) is 0 Å². The summed E-state index contributed by atoms with van der Waals surface area (Å²) in [4.78, 5) is 12.0. The molecule has 4 rings (SSSR count). The molecule has 0 radical (unpaired) electrons. The molecule has 43 heavy (non-hydrogen) atoms. The first-order chi connectivity index (χ1) is 20.8. The van der Waals surface area contributed by atoms with Crippen LogP contribution in [0.15, 0.2) is 48.6 Å². The third-order valence-electron chi connectivity index (χ3n) is 10.7. The lowest BCUT2D eigenvalue weighted by molar-refractivity contribution is -0.142. The Kier molecular flexibility index (Phi) is 13.1. The van der Waals surface area contributed by atoms with E-state index in [4.69, 9.17) is 14.6 Å². The highest BCUT2D eigenvalue weighted by Crippen LogP contribution is 2.45. The Balaban J connectivity index is 1.25. The number of unbranched alkanes of at least 4 members (excludes halogenated alkanes) is 2. The minimum absolute atomic E-state index is 0.0230. The third kappa shape index (κ3) is 9.14. The number of hydrogen-bond donors (Lipinski definition) is 1. The fourth-order valence-corrected chi connectivity index (χ4v) is 7.91. The summed E-state index contributed by atoms with van der Waals surface area (Å²) in [5.74, 6) is 2.39. The molecule has 0 saturated heterocycles. The van der Waals surface area contributed by atoms with Crippen LogP contribution in [0.2, 0.25) is 0 Å². The van der Waals surface area contributed by atoms with Gasteiger partial charge in [0.05, 0.1) is 25.4 Å². The molecule has 0 aromatic heterocycles. The van der Waals surface area contributed by atoms with E-state index >= 15 is 0 Å². The monoisotopic (exact) mass is 594 g/mol. The number of aliphatic hydroxyl groups is 1. The Morgan fingerprint density at radius 3 is 2.35 bits per heavy atom.